The maximum atomic E-state index is 13.1. The van der Waals surface area contributed by atoms with Crippen LogP contribution in [0.2, 0.25) is 5.02 Å². The third kappa shape index (κ3) is 3.33. The van der Waals surface area contributed by atoms with Crippen LogP contribution in [0.4, 0.5) is 0 Å². The quantitative estimate of drug-likeness (QED) is 0.678. The molecule has 0 atom stereocenters. The number of hydrogen-bond acceptors (Lipinski definition) is 6. The number of nitrogens with zero attached hydrogens (tertiary/aromatic N) is 3. The van der Waals surface area contributed by atoms with E-state index in [-0.39, 0.29) is 11.7 Å². The lowest BCUT2D eigenvalue weighted by Crippen LogP contribution is -2.48. The Morgan fingerprint density at radius 2 is 2.00 bits per heavy atom. The van der Waals surface area contributed by atoms with Gasteiger partial charge >= 0.3 is 0 Å². The third-order valence-electron chi connectivity index (χ3n) is 5.26. The fourth-order valence-electron chi connectivity index (χ4n) is 3.78. The van der Waals surface area contributed by atoms with E-state index in [0.717, 1.165) is 5.56 Å². The summed E-state index contributed by atoms with van der Waals surface area (Å²) in [6.07, 6.45) is 3.16. The molecule has 5 rings (SSSR count). The molecule has 0 spiro atoms. The number of sulfonamides is 1. The van der Waals surface area contributed by atoms with Crippen molar-refractivity contribution in [1.82, 2.24) is 19.2 Å². The van der Waals surface area contributed by atoms with Crippen molar-refractivity contribution in [3.8, 4) is 11.5 Å². The van der Waals surface area contributed by atoms with Crippen LogP contribution in [0.3, 0.4) is 0 Å². The number of aromatic nitrogens is 2. The number of fused-ring (bicyclic) bond motifs is 2. The van der Waals surface area contributed by atoms with Gasteiger partial charge in [-0.3, -0.25) is 4.90 Å². The van der Waals surface area contributed by atoms with Gasteiger partial charge in [-0.1, -0.05) is 11.6 Å². The minimum atomic E-state index is -3.58. The lowest BCUT2D eigenvalue weighted by molar-refractivity contribution is 0.173. The van der Waals surface area contributed by atoms with E-state index in [0.29, 0.717) is 60.3 Å². The monoisotopic (exact) mass is 434 g/mol. The first-order valence-electron chi connectivity index (χ1n) is 9.25. The van der Waals surface area contributed by atoms with Crippen LogP contribution in [0, 0.1) is 0 Å². The normalized spacial score (nSPS) is 17.8. The molecule has 1 saturated heterocycles. The summed E-state index contributed by atoms with van der Waals surface area (Å²) in [6, 6.07) is 7.31. The second kappa shape index (κ2) is 7.17. The molecule has 10 heteroatoms. The number of H-pyrrole nitrogens is 1. The van der Waals surface area contributed by atoms with Crippen LogP contribution < -0.4 is 9.47 Å². The summed E-state index contributed by atoms with van der Waals surface area (Å²) >= 11 is 6.26. The average Bonchev–Trinajstić information content (AvgIpc) is 3.36. The molecule has 1 aromatic carbocycles. The van der Waals surface area contributed by atoms with Crippen molar-refractivity contribution in [2.45, 2.75) is 11.4 Å². The van der Waals surface area contributed by atoms with Crippen molar-refractivity contribution in [1.29, 1.82) is 0 Å². The Bertz CT molecular complexity index is 1170. The Balaban J connectivity index is 1.29. The van der Waals surface area contributed by atoms with Crippen molar-refractivity contribution in [3.63, 3.8) is 0 Å². The molecular weight excluding hydrogens is 416 g/mol. The smallest absolute Gasteiger partial charge is 0.245 e. The van der Waals surface area contributed by atoms with Crippen molar-refractivity contribution < 1.29 is 17.9 Å². The van der Waals surface area contributed by atoms with Crippen LogP contribution in [-0.4, -0.2) is 60.6 Å². The second-order valence-corrected chi connectivity index (χ2v) is 9.36. The third-order valence-corrected chi connectivity index (χ3v) is 7.47. The molecule has 0 bridgehead atoms. The van der Waals surface area contributed by atoms with Gasteiger partial charge in [0.2, 0.25) is 16.8 Å². The summed E-state index contributed by atoms with van der Waals surface area (Å²) in [6.45, 7) is 2.96. The number of halogens is 1. The predicted octanol–water partition coefficient (Wildman–Crippen LogP) is 2.45. The highest BCUT2D eigenvalue weighted by molar-refractivity contribution is 7.89. The van der Waals surface area contributed by atoms with Crippen LogP contribution in [0.15, 0.2) is 41.6 Å². The Morgan fingerprint density at radius 3 is 2.83 bits per heavy atom. The molecule has 0 unspecified atom stereocenters. The van der Waals surface area contributed by atoms with Crippen molar-refractivity contribution >= 4 is 32.7 Å². The van der Waals surface area contributed by atoms with Crippen molar-refractivity contribution in [3.05, 3.63) is 47.2 Å². The first-order chi connectivity index (χ1) is 14.0. The fourth-order valence-corrected chi connectivity index (χ4v) is 5.64. The zero-order valence-electron chi connectivity index (χ0n) is 15.5. The van der Waals surface area contributed by atoms with Crippen LogP contribution >= 0.6 is 11.6 Å². The van der Waals surface area contributed by atoms with Gasteiger partial charge in [-0.2, -0.15) is 4.31 Å². The molecule has 2 aliphatic heterocycles. The molecule has 2 aromatic heterocycles. The highest BCUT2D eigenvalue weighted by Crippen LogP contribution is 2.40. The first-order valence-corrected chi connectivity index (χ1v) is 11.1. The zero-order chi connectivity index (χ0) is 20.0. The summed E-state index contributed by atoms with van der Waals surface area (Å²) in [5.74, 6) is 1.24. The van der Waals surface area contributed by atoms with E-state index in [1.807, 2.05) is 12.1 Å². The van der Waals surface area contributed by atoms with Crippen molar-refractivity contribution in [2.24, 2.45) is 0 Å². The van der Waals surface area contributed by atoms with Crippen LogP contribution in [0.1, 0.15) is 5.56 Å². The molecule has 0 radical (unpaired) electrons. The summed E-state index contributed by atoms with van der Waals surface area (Å²) in [7, 11) is -3.58. The van der Waals surface area contributed by atoms with Gasteiger partial charge in [0.25, 0.3) is 0 Å². The highest BCUT2D eigenvalue weighted by atomic mass is 35.5. The van der Waals surface area contributed by atoms with Gasteiger partial charge < -0.3 is 14.5 Å². The van der Waals surface area contributed by atoms with Gasteiger partial charge in [0.15, 0.2) is 11.5 Å². The number of piperazine rings is 1. The Morgan fingerprint density at radius 1 is 1.17 bits per heavy atom. The van der Waals surface area contributed by atoms with E-state index in [4.69, 9.17) is 21.1 Å². The lowest BCUT2D eigenvalue weighted by atomic mass is 10.1. The molecule has 8 nitrogen and oxygen atoms in total. The van der Waals surface area contributed by atoms with Gasteiger partial charge in [-0.25, -0.2) is 13.4 Å². The zero-order valence-corrected chi connectivity index (χ0v) is 17.0. The van der Waals surface area contributed by atoms with Gasteiger partial charge in [0, 0.05) is 50.5 Å². The molecule has 2 aliphatic rings. The maximum absolute atomic E-state index is 13.1. The van der Waals surface area contributed by atoms with Gasteiger partial charge in [0.1, 0.15) is 10.5 Å². The molecule has 1 N–H and O–H groups in total. The Hall–Kier alpha value is -2.33. The predicted molar refractivity (Wildman–Crippen MR) is 108 cm³/mol. The Kier molecular flexibility index (Phi) is 4.62. The molecule has 4 heterocycles. The van der Waals surface area contributed by atoms with E-state index in [9.17, 15) is 8.42 Å². The number of rotatable bonds is 4. The summed E-state index contributed by atoms with van der Waals surface area (Å²) in [5.41, 5.74) is 1.59. The van der Waals surface area contributed by atoms with E-state index < -0.39 is 10.0 Å². The van der Waals surface area contributed by atoms with Crippen LogP contribution in [0.5, 0.6) is 11.5 Å². The number of benzene rings is 1. The topological polar surface area (TPSA) is 87.8 Å². The van der Waals surface area contributed by atoms with Gasteiger partial charge in [-0.05, 0) is 29.8 Å². The average molecular weight is 435 g/mol. The van der Waals surface area contributed by atoms with Gasteiger partial charge in [0.05, 0.1) is 5.02 Å². The van der Waals surface area contributed by atoms with E-state index in [1.54, 1.807) is 18.3 Å². The molecule has 0 saturated carbocycles. The summed E-state index contributed by atoms with van der Waals surface area (Å²) < 4.78 is 38.5. The van der Waals surface area contributed by atoms with E-state index in [2.05, 4.69) is 14.9 Å². The van der Waals surface area contributed by atoms with Crippen LogP contribution in [-0.2, 0) is 16.6 Å². The summed E-state index contributed by atoms with van der Waals surface area (Å²) in [5, 5.41) is 1.15. The number of ether oxygens (including phenoxy) is 2. The second-order valence-electron chi connectivity index (χ2n) is 7.04. The lowest BCUT2D eigenvalue weighted by Gasteiger charge is -2.33. The first kappa shape index (κ1) is 18.7. The number of hydrogen-bond donors (Lipinski definition) is 1. The van der Waals surface area contributed by atoms with E-state index in [1.165, 1.54) is 10.5 Å². The molecule has 29 heavy (non-hydrogen) atoms. The fraction of sp³-hybridized carbons (Fsp3) is 0.316. The molecule has 152 valence electrons. The molecule has 1 fully saturated rings. The van der Waals surface area contributed by atoms with Crippen LogP contribution in [0.25, 0.3) is 11.0 Å². The number of aromatic amines is 1. The minimum Gasteiger partial charge on any atom is -0.454 e. The standard InChI is InChI=1S/C19H19ClN4O4S/c20-15-8-13(9-16-18(15)28-12-27-16)11-23-4-6-24(7-5-23)29(25,26)17-10-22-19-14(17)2-1-3-21-19/h1-3,8-10H,4-7,11-12H2,(H,21,22). The number of nitrogens with one attached hydrogen (secondary N) is 1. The molecule has 0 aliphatic carbocycles. The summed E-state index contributed by atoms with van der Waals surface area (Å²) in [4.78, 5) is 9.59. The van der Waals surface area contributed by atoms with Gasteiger partial charge in [-0.15, -0.1) is 0 Å². The van der Waals surface area contributed by atoms with E-state index >= 15 is 0 Å². The molecular formula is C19H19ClN4O4S. The molecule has 0 amide bonds. The Labute approximate surface area is 173 Å². The largest absolute Gasteiger partial charge is 0.454 e. The SMILES string of the molecule is O=S(=O)(c1c[nH]c2ncccc12)N1CCN(Cc2cc(Cl)c3c(c2)OCO3)CC1. The highest BCUT2D eigenvalue weighted by Gasteiger charge is 2.31. The minimum absolute atomic E-state index is 0.179. The molecule has 3 aromatic rings. The number of pyridine rings is 1. The van der Waals surface area contributed by atoms with Crippen molar-refractivity contribution in [2.75, 3.05) is 33.0 Å². The maximum Gasteiger partial charge on any atom is 0.245 e.